The van der Waals surface area contributed by atoms with E-state index >= 15 is 0 Å². The molecule has 2 rings (SSSR count). The van der Waals surface area contributed by atoms with Gasteiger partial charge in [-0.2, -0.15) is 0 Å². The van der Waals surface area contributed by atoms with Crippen molar-refractivity contribution >= 4 is 12.0 Å². The molecule has 90 valence electrons. The zero-order valence-electron chi connectivity index (χ0n) is 9.17. The van der Waals surface area contributed by atoms with Gasteiger partial charge in [-0.15, -0.1) is 0 Å². The predicted molar refractivity (Wildman–Crippen MR) is 59.2 cm³/mol. The van der Waals surface area contributed by atoms with Crippen molar-refractivity contribution in [3.63, 3.8) is 0 Å². The average molecular weight is 235 g/mol. The highest BCUT2D eigenvalue weighted by atomic mass is 16.4. The number of amides is 2. The third kappa shape index (κ3) is 2.93. The van der Waals surface area contributed by atoms with Crippen LogP contribution in [0.15, 0.2) is 24.4 Å². The average Bonchev–Trinajstić information content (AvgIpc) is 2.59. The Hall–Kier alpha value is -2.11. The van der Waals surface area contributed by atoms with E-state index in [1.807, 2.05) is 12.1 Å². The fourth-order valence-corrected chi connectivity index (χ4v) is 1.81. The summed E-state index contributed by atoms with van der Waals surface area (Å²) in [6.45, 7) is 0.810. The molecule has 0 aliphatic carbocycles. The maximum Gasteiger partial charge on any atom is 0.318 e. The summed E-state index contributed by atoms with van der Waals surface area (Å²) in [4.78, 5) is 27.8. The lowest BCUT2D eigenvalue weighted by atomic mass is 10.2. The molecule has 2 heterocycles. The number of nitrogens with one attached hydrogen (secondary N) is 1. The zero-order chi connectivity index (χ0) is 12.3. The number of hydrogen-bond donors (Lipinski definition) is 2. The van der Waals surface area contributed by atoms with Crippen LogP contribution in [0.4, 0.5) is 4.79 Å². The first-order valence-electron chi connectivity index (χ1n) is 5.32. The summed E-state index contributed by atoms with van der Waals surface area (Å²) in [5.74, 6) is -0.907. The largest absolute Gasteiger partial charge is 0.481 e. The Labute approximate surface area is 98.3 Å². The molecule has 17 heavy (non-hydrogen) atoms. The van der Waals surface area contributed by atoms with Crippen LogP contribution in [0.1, 0.15) is 12.1 Å². The number of hydrogen-bond acceptors (Lipinski definition) is 3. The fraction of sp³-hybridized carbons (Fsp3) is 0.364. The highest BCUT2D eigenvalue weighted by Gasteiger charge is 2.30. The van der Waals surface area contributed by atoms with E-state index in [2.05, 4.69) is 10.3 Å². The molecule has 1 aliphatic heterocycles. The molecule has 1 aromatic heterocycles. The zero-order valence-corrected chi connectivity index (χ0v) is 9.17. The van der Waals surface area contributed by atoms with Crippen molar-refractivity contribution in [3.05, 3.63) is 30.1 Å². The number of pyridine rings is 1. The molecule has 1 aromatic rings. The molecule has 0 radical (unpaired) electrons. The summed E-state index contributed by atoms with van der Waals surface area (Å²) in [5, 5.41) is 11.3. The van der Waals surface area contributed by atoms with Crippen LogP contribution in [-0.2, 0) is 11.3 Å². The smallest absolute Gasteiger partial charge is 0.318 e. The van der Waals surface area contributed by atoms with Gasteiger partial charge in [0.25, 0.3) is 0 Å². The van der Waals surface area contributed by atoms with E-state index in [4.69, 9.17) is 5.11 Å². The Morgan fingerprint density at radius 2 is 2.41 bits per heavy atom. The van der Waals surface area contributed by atoms with E-state index in [1.165, 1.54) is 0 Å². The molecule has 0 bridgehead atoms. The summed E-state index contributed by atoms with van der Waals surface area (Å²) in [7, 11) is 0. The second-order valence-corrected chi connectivity index (χ2v) is 3.95. The monoisotopic (exact) mass is 235 g/mol. The van der Waals surface area contributed by atoms with Gasteiger partial charge < -0.3 is 15.3 Å². The topological polar surface area (TPSA) is 82.5 Å². The third-order valence-electron chi connectivity index (χ3n) is 2.56. The number of carbonyl (C=O) groups is 2. The highest BCUT2D eigenvalue weighted by molar-refractivity contribution is 5.78. The van der Waals surface area contributed by atoms with Gasteiger partial charge in [0.15, 0.2) is 0 Å². The summed E-state index contributed by atoms with van der Waals surface area (Å²) in [6.07, 6.45) is 1.61. The van der Waals surface area contributed by atoms with Gasteiger partial charge in [0.05, 0.1) is 24.7 Å². The summed E-state index contributed by atoms with van der Waals surface area (Å²) in [5.41, 5.74) is 0.790. The Morgan fingerprint density at radius 1 is 1.59 bits per heavy atom. The molecule has 1 saturated heterocycles. The molecule has 2 amide bonds. The van der Waals surface area contributed by atoms with Gasteiger partial charge in [-0.3, -0.25) is 9.78 Å². The van der Waals surface area contributed by atoms with E-state index < -0.39 is 5.97 Å². The van der Waals surface area contributed by atoms with Crippen LogP contribution >= 0.6 is 0 Å². The molecule has 0 aromatic carbocycles. The minimum atomic E-state index is -0.907. The lowest BCUT2D eigenvalue weighted by molar-refractivity contribution is -0.137. The minimum Gasteiger partial charge on any atom is -0.481 e. The quantitative estimate of drug-likeness (QED) is 0.793. The number of carboxylic acid groups (broad SMARTS) is 1. The summed E-state index contributed by atoms with van der Waals surface area (Å²) < 4.78 is 0. The van der Waals surface area contributed by atoms with Crippen molar-refractivity contribution in [2.24, 2.45) is 0 Å². The van der Waals surface area contributed by atoms with Gasteiger partial charge in [-0.05, 0) is 12.1 Å². The maximum atomic E-state index is 11.6. The molecule has 1 fully saturated rings. The lowest BCUT2D eigenvalue weighted by Gasteiger charge is -2.13. The van der Waals surface area contributed by atoms with Crippen LogP contribution in [0.3, 0.4) is 0 Å². The number of nitrogens with zero attached hydrogens (tertiary/aromatic N) is 2. The fourth-order valence-electron chi connectivity index (χ4n) is 1.81. The van der Waals surface area contributed by atoms with E-state index in [-0.39, 0.29) is 18.5 Å². The van der Waals surface area contributed by atoms with Crippen LogP contribution in [0.2, 0.25) is 0 Å². The summed E-state index contributed by atoms with van der Waals surface area (Å²) in [6, 6.07) is 4.94. The van der Waals surface area contributed by atoms with Crippen LogP contribution in [0.5, 0.6) is 0 Å². The van der Waals surface area contributed by atoms with E-state index in [0.29, 0.717) is 13.1 Å². The number of rotatable bonds is 4. The second-order valence-electron chi connectivity index (χ2n) is 3.95. The Kier molecular flexibility index (Phi) is 3.22. The van der Waals surface area contributed by atoms with Gasteiger partial charge in [0.1, 0.15) is 0 Å². The molecule has 1 atom stereocenters. The van der Waals surface area contributed by atoms with Crippen molar-refractivity contribution in [1.29, 1.82) is 0 Å². The number of urea groups is 1. The van der Waals surface area contributed by atoms with Crippen LogP contribution in [0.25, 0.3) is 0 Å². The van der Waals surface area contributed by atoms with Crippen molar-refractivity contribution in [1.82, 2.24) is 15.2 Å². The maximum absolute atomic E-state index is 11.6. The van der Waals surface area contributed by atoms with Crippen molar-refractivity contribution in [3.8, 4) is 0 Å². The molecular weight excluding hydrogens is 222 g/mol. The third-order valence-corrected chi connectivity index (χ3v) is 2.56. The molecular formula is C11H13N3O3. The highest BCUT2D eigenvalue weighted by Crippen LogP contribution is 2.10. The van der Waals surface area contributed by atoms with E-state index in [0.717, 1.165) is 5.69 Å². The molecule has 1 aliphatic rings. The van der Waals surface area contributed by atoms with Crippen molar-refractivity contribution < 1.29 is 14.7 Å². The van der Waals surface area contributed by atoms with Crippen molar-refractivity contribution in [2.75, 3.05) is 6.54 Å². The van der Waals surface area contributed by atoms with E-state index in [1.54, 1.807) is 17.2 Å². The standard InChI is InChI=1S/C11H13N3O3/c15-10(16)5-9-7-14(11(17)13-9)6-8-3-1-2-4-12-8/h1-4,9H,5-7H2,(H,13,17)(H,15,16). The van der Waals surface area contributed by atoms with Crippen LogP contribution in [0, 0.1) is 0 Å². The first-order valence-corrected chi connectivity index (χ1v) is 5.32. The lowest BCUT2D eigenvalue weighted by Crippen LogP contribution is -2.29. The normalized spacial score (nSPS) is 19.2. The first kappa shape index (κ1) is 11.4. The van der Waals surface area contributed by atoms with Crippen LogP contribution < -0.4 is 5.32 Å². The molecule has 0 spiro atoms. The Bertz CT molecular complexity index is 421. The molecule has 1 unspecified atom stereocenters. The van der Waals surface area contributed by atoms with Gasteiger partial charge in [0, 0.05) is 12.7 Å². The number of aromatic nitrogens is 1. The first-order chi connectivity index (χ1) is 8.15. The van der Waals surface area contributed by atoms with Gasteiger partial charge >= 0.3 is 12.0 Å². The molecule has 0 saturated carbocycles. The molecule has 6 heteroatoms. The SMILES string of the molecule is O=C(O)CC1CN(Cc2ccccn2)C(=O)N1. The molecule has 2 N–H and O–H groups in total. The Balaban J connectivity index is 1.95. The summed E-state index contributed by atoms with van der Waals surface area (Å²) >= 11 is 0. The van der Waals surface area contributed by atoms with Crippen LogP contribution in [-0.4, -0.2) is 39.6 Å². The van der Waals surface area contributed by atoms with Gasteiger partial charge in [-0.1, -0.05) is 6.07 Å². The number of aliphatic carboxylic acids is 1. The van der Waals surface area contributed by atoms with Gasteiger partial charge in [0.2, 0.25) is 0 Å². The second kappa shape index (κ2) is 4.82. The minimum absolute atomic E-state index is 0.0511. The Morgan fingerprint density at radius 3 is 3.06 bits per heavy atom. The number of carbonyl (C=O) groups excluding carboxylic acids is 1. The van der Waals surface area contributed by atoms with Gasteiger partial charge in [-0.25, -0.2) is 4.79 Å². The predicted octanol–water partition coefficient (Wildman–Crippen LogP) is 0.450. The molecule has 6 nitrogen and oxygen atoms in total. The van der Waals surface area contributed by atoms with Crippen molar-refractivity contribution in [2.45, 2.75) is 19.0 Å². The van der Waals surface area contributed by atoms with E-state index in [9.17, 15) is 9.59 Å². The number of carboxylic acids is 1.